The van der Waals surface area contributed by atoms with Crippen LogP contribution in [0.3, 0.4) is 0 Å². The molecule has 2 nitrogen and oxygen atoms in total. The van der Waals surface area contributed by atoms with E-state index >= 15 is 0 Å². The molecule has 0 saturated carbocycles. The minimum atomic E-state index is 0.200. The number of ether oxygens (including phenoxy) is 1. The van der Waals surface area contributed by atoms with Gasteiger partial charge in [-0.05, 0) is 30.5 Å². The van der Waals surface area contributed by atoms with Crippen LogP contribution < -0.4 is 0 Å². The number of aliphatic hydroxyl groups excluding tert-OH is 1. The van der Waals surface area contributed by atoms with E-state index in [1.54, 1.807) is 7.11 Å². The molecule has 0 spiro atoms. The van der Waals surface area contributed by atoms with Crippen LogP contribution in [-0.4, -0.2) is 25.4 Å². The average molecular weight is 273 g/mol. The molecule has 0 fully saturated rings. The SMILES string of the molecule is COCCCC(CO)c1ccc(Br)cc1. The van der Waals surface area contributed by atoms with Gasteiger partial charge in [-0.1, -0.05) is 28.1 Å². The van der Waals surface area contributed by atoms with E-state index in [-0.39, 0.29) is 12.5 Å². The zero-order valence-corrected chi connectivity index (χ0v) is 10.5. The molecular weight excluding hydrogens is 256 g/mol. The summed E-state index contributed by atoms with van der Waals surface area (Å²) in [6.45, 7) is 0.957. The summed E-state index contributed by atoms with van der Waals surface area (Å²) in [5.74, 6) is 0.230. The molecule has 0 radical (unpaired) electrons. The third kappa shape index (κ3) is 4.33. The Labute approximate surface area is 99.4 Å². The molecule has 1 aromatic rings. The first-order chi connectivity index (χ1) is 7.27. The van der Waals surface area contributed by atoms with Gasteiger partial charge in [0.15, 0.2) is 0 Å². The topological polar surface area (TPSA) is 29.5 Å². The molecular formula is C12H17BrO2. The Bertz CT molecular complexity index is 271. The van der Waals surface area contributed by atoms with Crippen molar-refractivity contribution in [3.63, 3.8) is 0 Å². The van der Waals surface area contributed by atoms with Gasteiger partial charge in [0.2, 0.25) is 0 Å². The molecule has 1 rings (SSSR count). The lowest BCUT2D eigenvalue weighted by Crippen LogP contribution is -2.05. The molecule has 1 atom stereocenters. The van der Waals surface area contributed by atoms with E-state index in [2.05, 4.69) is 28.1 Å². The molecule has 1 N–H and O–H groups in total. The molecule has 0 bridgehead atoms. The van der Waals surface area contributed by atoms with Crippen LogP contribution in [0, 0.1) is 0 Å². The molecule has 0 aliphatic rings. The van der Waals surface area contributed by atoms with Crippen LogP contribution in [0.2, 0.25) is 0 Å². The highest BCUT2D eigenvalue weighted by Crippen LogP contribution is 2.22. The summed E-state index contributed by atoms with van der Waals surface area (Å²) in [6, 6.07) is 8.12. The predicted molar refractivity (Wildman–Crippen MR) is 65.1 cm³/mol. The van der Waals surface area contributed by atoms with E-state index in [0.29, 0.717) is 0 Å². The Kier molecular flexibility index (Phi) is 5.91. The van der Waals surface area contributed by atoms with E-state index in [1.165, 1.54) is 5.56 Å². The second-order valence-corrected chi connectivity index (χ2v) is 4.48. The summed E-state index contributed by atoms with van der Waals surface area (Å²) in [5, 5.41) is 9.30. The van der Waals surface area contributed by atoms with Gasteiger partial charge in [0.25, 0.3) is 0 Å². The van der Waals surface area contributed by atoms with E-state index in [0.717, 1.165) is 23.9 Å². The van der Waals surface area contributed by atoms with Crippen molar-refractivity contribution in [2.24, 2.45) is 0 Å². The first-order valence-electron chi connectivity index (χ1n) is 5.13. The molecule has 3 heteroatoms. The van der Waals surface area contributed by atoms with Crippen LogP contribution in [0.4, 0.5) is 0 Å². The van der Waals surface area contributed by atoms with Crippen molar-refractivity contribution in [1.29, 1.82) is 0 Å². The lowest BCUT2D eigenvalue weighted by atomic mass is 9.95. The van der Waals surface area contributed by atoms with Crippen LogP contribution in [-0.2, 0) is 4.74 Å². The fraction of sp³-hybridized carbons (Fsp3) is 0.500. The zero-order valence-electron chi connectivity index (χ0n) is 8.95. The molecule has 84 valence electrons. The highest BCUT2D eigenvalue weighted by Gasteiger charge is 2.09. The number of aliphatic hydroxyl groups is 1. The lowest BCUT2D eigenvalue weighted by molar-refractivity contribution is 0.183. The molecule has 0 aliphatic heterocycles. The van der Waals surface area contributed by atoms with E-state index in [9.17, 15) is 5.11 Å². The van der Waals surface area contributed by atoms with Gasteiger partial charge in [-0.15, -0.1) is 0 Å². The Morgan fingerprint density at radius 1 is 1.33 bits per heavy atom. The van der Waals surface area contributed by atoms with Gasteiger partial charge < -0.3 is 9.84 Å². The lowest BCUT2D eigenvalue weighted by Gasteiger charge is -2.14. The summed E-state index contributed by atoms with van der Waals surface area (Å²) >= 11 is 3.40. The monoisotopic (exact) mass is 272 g/mol. The predicted octanol–water partition coefficient (Wildman–Crippen LogP) is 2.95. The van der Waals surface area contributed by atoms with Crippen LogP contribution in [0.15, 0.2) is 28.7 Å². The van der Waals surface area contributed by atoms with E-state index < -0.39 is 0 Å². The van der Waals surface area contributed by atoms with Gasteiger partial charge in [0, 0.05) is 30.7 Å². The quantitative estimate of drug-likeness (QED) is 0.807. The third-order valence-electron chi connectivity index (χ3n) is 2.46. The number of halogens is 1. The highest BCUT2D eigenvalue weighted by molar-refractivity contribution is 9.10. The van der Waals surface area contributed by atoms with E-state index in [4.69, 9.17) is 4.74 Å². The fourth-order valence-corrected chi connectivity index (χ4v) is 1.84. The maximum Gasteiger partial charge on any atom is 0.0499 e. The number of hydrogen-bond donors (Lipinski definition) is 1. The van der Waals surface area contributed by atoms with Crippen molar-refractivity contribution >= 4 is 15.9 Å². The van der Waals surface area contributed by atoms with Gasteiger partial charge in [-0.3, -0.25) is 0 Å². The zero-order chi connectivity index (χ0) is 11.1. The van der Waals surface area contributed by atoms with Gasteiger partial charge in [0.05, 0.1) is 0 Å². The number of methoxy groups -OCH3 is 1. The van der Waals surface area contributed by atoms with Crippen LogP contribution in [0.25, 0.3) is 0 Å². The first-order valence-corrected chi connectivity index (χ1v) is 5.92. The maximum absolute atomic E-state index is 9.30. The van der Waals surface area contributed by atoms with Crippen LogP contribution in [0.5, 0.6) is 0 Å². The van der Waals surface area contributed by atoms with Crippen molar-refractivity contribution in [2.45, 2.75) is 18.8 Å². The van der Waals surface area contributed by atoms with Gasteiger partial charge >= 0.3 is 0 Å². The van der Waals surface area contributed by atoms with Crippen molar-refractivity contribution in [1.82, 2.24) is 0 Å². The van der Waals surface area contributed by atoms with Crippen LogP contribution in [0.1, 0.15) is 24.3 Å². The van der Waals surface area contributed by atoms with Crippen LogP contribution >= 0.6 is 15.9 Å². The average Bonchev–Trinajstić information content (AvgIpc) is 2.26. The molecule has 0 saturated heterocycles. The normalized spacial score (nSPS) is 12.7. The molecule has 1 aromatic carbocycles. The standard InChI is InChI=1S/C12H17BrO2/c1-15-8-2-3-11(9-14)10-4-6-12(13)7-5-10/h4-7,11,14H,2-3,8-9H2,1H3. The smallest absolute Gasteiger partial charge is 0.0499 e. The summed E-state index contributed by atoms with van der Waals surface area (Å²) in [4.78, 5) is 0. The largest absolute Gasteiger partial charge is 0.396 e. The summed E-state index contributed by atoms with van der Waals surface area (Å²) < 4.78 is 6.07. The molecule has 0 heterocycles. The maximum atomic E-state index is 9.30. The highest BCUT2D eigenvalue weighted by atomic mass is 79.9. The minimum Gasteiger partial charge on any atom is -0.396 e. The van der Waals surface area contributed by atoms with Crippen molar-refractivity contribution in [3.05, 3.63) is 34.3 Å². The third-order valence-corrected chi connectivity index (χ3v) is 2.99. The molecule has 0 amide bonds. The van der Waals surface area contributed by atoms with Gasteiger partial charge in [-0.2, -0.15) is 0 Å². The Balaban J connectivity index is 2.53. The number of rotatable bonds is 6. The summed E-state index contributed by atoms with van der Waals surface area (Å²) in [5.41, 5.74) is 1.19. The summed E-state index contributed by atoms with van der Waals surface area (Å²) in [7, 11) is 1.70. The molecule has 0 aliphatic carbocycles. The number of benzene rings is 1. The second-order valence-electron chi connectivity index (χ2n) is 3.57. The van der Waals surface area contributed by atoms with Gasteiger partial charge in [0.1, 0.15) is 0 Å². The Morgan fingerprint density at radius 2 is 2.00 bits per heavy atom. The van der Waals surface area contributed by atoms with Crippen molar-refractivity contribution in [3.8, 4) is 0 Å². The Morgan fingerprint density at radius 3 is 2.53 bits per heavy atom. The van der Waals surface area contributed by atoms with Crippen molar-refractivity contribution in [2.75, 3.05) is 20.3 Å². The van der Waals surface area contributed by atoms with Gasteiger partial charge in [-0.25, -0.2) is 0 Å². The van der Waals surface area contributed by atoms with Crippen molar-refractivity contribution < 1.29 is 9.84 Å². The Hall–Kier alpha value is -0.380. The number of hydrogen-bond acceptors (Lipinski definition) is 2. The molecule has 15 heavy (non-hydrogen) atoms. The summed E-state index contributed by atoms with van der Waals surface area (Å²) in [6.07, 6.45) is 1.95. The first kappa shape index (κ1) is 12.7. The molecule has 0 aromatic heterocycles. The fourth-order valence-electron chi connectivity index (χ4n) is 1.57. The second kappa shape index (κ2) is 6.99. The van der Waals surface area contributed by atoms with E-state index in [1.807, 2.05) is 12.1 Å². The minimum absolute atomic E-state index is 0.200. The molecule has 1 unspecified atom stereocenters.